The van der Waals surface area contributed by atoms with Crippen molar-refractivity contribution in [3.05, 3.63) is 0 Å². The van der Waals surface area contributed by atoms with E-state index in [1.165, 1.54) is 0 Å². The highest BCUT2D eigenvalue weighted by Gasteiger charge is 2.33. The van der Waals surface area contributed by atoms with E-state index < -0.39 is 18.0 Å². The third-order valence-electron chi connectivity index (χ3n) is 3.34. The topological polar surface area (TPSA) is 83.6 Å². The van der Waals surface area contributed by atoms with Crippen molar-refractivity contribution in [1.29, 1.82) is 0 Å². The summed E-state index contributed by atoms with van der Waals surface area (Å²) in [6, 6.07) is 0. The standard InChI is InChI=1S/C11H21NO3/c12-7-6-9(11(14)15)8-4-2-1-3-5-10(8)13/h8-10,13H,1-7,12H2,(H,14,15). The lowest BCUT2D eigenvalue weighted by Crippen LogP contribution is -2.33. The van der Waals surface area contributed by atoms with Gasteiger partial charge in [-0.05, 0) is 31.7 Å². The van der Waals surface area contributed by atoms with Crippen LogP contribution >= 0.6 is 0 Å². The minimum absolute atomic E-state index is 0.103. The smallest absolute Gasteiger partial charge is 0.306 e. The fourth-order valence-electron chi connectivity index (χ4n) is 2.49. The average Bonchev–Trinajstić information content (AvgIpc) is 2.39. The molecule has 1 aliphatic rings. The van der Waals surface area contributed by atoms with E-state index in [9.17, 15) is 9.90 Å². The van der Waals surface area contributed by atoms with Gasteiger partial charge in [0.15, 0.2) is 0 Å². The largest absolute Gasteiger partial charge is 0.481 e. The fraction of sp³-hybridized carbons (Fsp3) is 0.909. The van der Waals surface area contributed by atoms with Gasteiger partial charge in [0.05, 0.1) is 12.0 Å². The first-order valence-electron chi connectivity index (χ1n) is 5.77. The van der Waals surface area contributed by atoms with Crippen LogP contribution in [0.4, 0.5) is 0 Å². The van der Waals surface area contributed by atoms with Gasteiger partial charge in [-0.3, -0.25) is 4.79 Å². The molecule has 0 amide bonds. The van der Waals surface area contributed by atoms with Crippen LogP contribution in [0.25, 0.3) is 0 Å². The van der Waals surface area contributed by atoms with Crippen LogP contribution in [0.1, 0.15) is 38.5 Å². The number of rotatable bonds is 4. The van der Waals surface area contributed by atoms with Gasteiger partial charge in [-0.15, -0.1) is 0 Å². The van der Waals surface area contributed by atoms with Gasteiger partial charge in [0.2, 0.25) is 0 Å². The van der Waals surface area contributed by atoms with Crippen molar-refractivity contribution in [2.75, 3.05) is 6.54 Å². The molecule has 0 bridgehead atoms. The summed E-state index contributed by atoms with van der Waals surface area (Å²) >= 11 is 0. The molecule has 0 aromatic rings. The number of carbonyl (C=O) groups is 1. The number of hydrogen-bond donors (Lipinski definition) is 3. The summed E-state index contributed by atoms with van der Waals surface area (Å²) in [4.78, 5) is 11.1. The van der Waals surface area contributed by atoms with E-state index in [0.717, 1.165) is 32.1 Å². The predicted molar refractivity (Wildman–Crippen MR) is 57.4 cm³/mol. The van der Waals surface area contributed by atoms with Crippen LogP contribution in [-0.2, 0) is 4.79 Å². The van der Waals surface area contributed by atoms with Gasteiger partial charge < -0.3 is 15.9 Å². The molecule has 0 spiro atoms. The number of aliphatic carboxylic acids is 1. The van der Waals surface area contributed by atoms with Crippen LogP contribution in [0.3, 0.4) is 0 Å². The van der Waals surface area contributed by atoms with E-state index in [2.05, 4.69) is 0 Å². The first-order valence-corrected chi connectivity index (χ1v) is 5.77. The second-order valence-corrected chi connectivity index (χ2v) is 4.39. The monoisotopic (exact) mass is 215 g/mol. The van der Waals surface area contributed by atoms with Crippen LogP contribution in [-0.4, -0.2) is 28.8 Å². The Morgan fingerprint density at radius 2 is 2.00 bits per heavy atom. The molecule has 88 valence electrons. The predicted octanol–water partition coefficient (Wildman–Crippen LogP) is 0.977. The Balaban J connectivity index is 2.65. The van der Waals surface area contributed by atoms with E-state index in [1.807, 2.05) is 0 Å². The number of nitrogens with two attached hydrogens (primary N) is 1. The summed E-state index contributed by atoms with van der Waals surface area (Å²) in [7, 11) is 0. The van der Waals surface area contributed by atoms with Crippen molar-refractivity contribution < 1.29 is 15.0 Å². The van der Waals surface area contributed by atoms with Crippen molar-refractivity contribution in [2.45, 2.75) is 44.6 Å². The molecule has 0 heterocycles. The summed E-state index contributed by atoms with van der Waals surface area (Å²) < 4.78 is 0. The van der Waals surface area contributed by atoms with Gasteiger partial charge in [0, 0.05) is 0 Å². The first kappa shape index (κ1) is 12.5. The maximum absolute atomic E-state index is 11.1. The lowest BCUT2D eigenvalue weighted by Gasteiger charge is -2.26. The second kappa shape index (κ2) is 6.08. The zero-order valence-electron chi connectivity index (χ0n) is 9.06. The first-order chi connectivity index (χ1) is 7.16. The van der Waals surface area contributed by atoms with Crippen molar-refractivity contribution in [3.8, 4) is 0 Å². The maximum atomic E-state index is 11.1. The molecule has 15 heavy (non-hydrogen) atoms. The third kappa shape index (κ3) is 3.47. The molecule has 1 fully saturated rings. The molecular weight excluding hydrogens is 194 g/mol. The zero-order valence-corrected chi connectivity index (χ0v) is 9.06. The zero-order chi connectivity index (χ0) is 11.3. The summed E-state index contributed by atoms with van der Waals surface area (Å²) in [6.45, 7) is 0.375. The summed E-state index contributed by atoms with van der Waals surface area (Å²) in [5, 5.41) is 19.0. The Morgan fingerprint density at radius 1 is 1.33 bits per heavy atom. The molecule has 0 aliphatic heterocycles. The lowest BCUT2D eigenvalue weighted by molar-refractivity contribution is -0.146. The Kier molecular flexibility index (Phi) is 5.05. The Morgan fingerprint density at radius 3 is 2.60 bits per heavy atom. The van der Waals surface area contributed by atoms with Gasteiger partial charge in [0.1, 0.15) is 0 Å². The SMILES string of the molecule is NCCC(C(=O)O)C1CCCCCC1O. The molecule has 1 aliphatic carbocycles. The van der Waals surface area contributed by atoms with Crippen molar-refractivity contribution in [1.82, 2.24) is 0 Å². The Labute approximate surface area is 90.5 Å². The molecule has 0 saturated heterocycles. The van der Waals surface area contributed by atoms with E-state index in [4.69, 9.17) is 10.8 Å². The molecule has 1 rings (SSSR count). The number of carboxylic acid groups (broad SMARTS) is 1. The summed E-state index contributed by atoms with van der Waals surface area (Å²) in [5.41, 5.74) is 5.41. The number of aliphatic hydroxyl groups excluding tert-OH is 1. The Hall–Kier alpha value is -0.610. The van der Waals surface area contributed by atoms with Crippen LogP contribution < -0.4 is 5.73 Å². The summed E-state index contributed by atoms with van der Waals surface area (Å²) in [6.07, 6.45) is 4.69. The van der Waals surface area contributed by atoms with Gasteiger partial charge in [0.25, 0.3) is 0 Å². The van der Waals surface area contributed by atoms with E-state index >= 15 is 0 Å². The minimum Gasteiger partial charge on any atom is -0.481 e. The van der Waals surface area contributed by atoms with Crippen LogP contribution in [0.15, 0.2) is 0 Å². The highest BCUT2D eigenvalue weighted by Crippen LogP contribution is 2.31. The molecule has 4 heteroatoms. The van der Waals surface area contributed by atoms with Crippen molar-refractivity contribution in [3.63, 3.8) is 0 Å². The molecule has 0 aromatic heterocycles. The molecular formula is C11H21NO3. The normalized spacial score (nSPS) is 29.5. The van der Waals surface area contributed by atoms with E-state index in [-0.39, 0.29) is 5.92 Å². The fourth-order valence-corrected chi connectivity index (χ4v) is 2.49. The third-order valence-corrected chi connectivity index (χ3v) is 3.34. The second-order valence-electron chi connectivity index (χ2n) is 4.39. The molecule has 3 atom stereocenters. The van der Waals surface area contributed by atoms with Crippen LogP contribution in [0.2, 0.25) is 0 Å². The molecule has 4 N–H and O–H groups in total. The maximum Gasteiger partial charge on any atom is 0.306 e. The number of hydrogen-bond acceptors (Lipinski definition) is 3. The van der Waals surface area contributed by atoms with Crippen LogP contribution in [0, 0.1) is 11.8 Å². The quantitative estimate of drug-likeness (QED) is 0.610. The Bertz CT molecular complexity index is 208. The molecule has 4 nitrogen and oxygen atoms in total. The van der Waals surface area contributed by atoms with Gasteiger partial charge in [-0.2, -0.15) is 0 Å². The molecule has 3 unspecified atom stereocenters. The minimum atomic E-state index is -0.814. The van der Waals surface area contributed by atoms with Crippen molar-refractivity contribution >= 4 is 5.97 Å². The van der Waals surface area contributed by atoms with Gasteiger partial charge in [-0.1, -0.05) is 19.3 Å². The average molecular weight is 215 g/mol. The molecule has 0 aromatic carbocycles. The van der Waals surface area contributed by atoms with Gasteiger partial charge >= 0.3 is 5.97 Å². The van der Waals surface area contributed by atoms with Gasteiger partial charge in [-0.25, -0.2) is 0 Å². The molecule has 1 saturated carbocycles. The number of carboxylic acids is 1. The summed E-state index contributed by atoms with van der Waals surface area (Å²) in [5.74, 6) is -1.39. The van der Waals surface area contributed by atoms with Crippen LogP contribution in [0.5, 0.6) is 0 Å². The van der Waals surface area contributed by atoms with E-state index in [0.29, 0.717) is 13.0 Å². The van der Waals surface area contributed by atoms with Crippen molar-refractivity contribution in [2.24, 2.45) is 17.6 Å². The highest BCUT2D eigenvalue weighted by molar-refractivity contribution is 5.70. The highest BCUT2D eigenvalue weighted by atomic mass is 16.4. The number of aliphatic hydroxyl groups is 1. The van der Waals surface area contributed by atoms with E-state index in [1.54, 1.807) is 0 Å². The molecule has 0 radical (unpaired) electrons. The lowest BCUT2D eigenvalue weighted by atomic mass is 9.82.